The number of rotatable bonds is 0. The molecule has 46 valence electrons. The van der Waals surface area contributed by atoms with Crippen molar-refractivity contribution < 1.29 is 4.79 Å². The van der Waals surface area contributed by atoms with Gasteiger partial charge in [0.2, 0.25) is 0 Å². The average Bonchev–Trinajstić information content (AvgIpc) is 1.67. The molecule has 0 aliphatic heterocycles. The fraction of sp³-hybridized carbons (Fsp3) is 0.500. The van der Waals surface area contributed by atoms with Crippen LogP contribution in [0.4, 0.5) is 4.79 Å². The molecular formula is C4H8N2OS. The largest absolute Gasteiger partial charge is 0.271 e. The van der Waals surface area contributed by atoms with Gasteiger partial charge in [0.25, 0.3) is 5.24 Å². The van der Waals surface area contributed by atoms with Crippen LogP contribution in [-0.2, 0) is 0 Å². The van der Waals surface area contributed by atoms with Crippen molar-refractivity contribution in [3.63, 3.8) is 0 Å². The highest BCUT2D eigenvalue weighted by Crippen LogP contribution is 2.12. The van der Waals surface area contributed by atoms with Crippen molar-refractivity contribution in [1.82, 2.24) is 5.32 Å². The van der Waals surface area contributed by atoms with Gasteiger partial charge in [0.15, 0.2) is 6.19 Å². The summed E-state index contributed by atoms with van der Waals surface area (Å²) in [5.74, 6) is 0. The predicted octanol–water partition coefficient (Wildman–Crippen LogP) is 0.438. The molecule has 0 fully saturated rings. The zero-order valence-corrected chi connectivity index (χ0v) is 5.70. The molecular weight excluding hydrogens is 124 g/mol. The number of nitrogens with zero attached hydrogens (tertiary/aromatic N) is 1. The van der Waals surface area contributed by atoms with Gasteiger partial charge in [0.05, 0.1) is 0 Å². The van der Waals surface area contributed by atoms with E-state index in [4.69, 9.17) is 5.26 Å². The van der Waals surface area contributed by atoms with E-state index < -0.39 is 10.9 Å². The van der Waals surface area contributed by atoms with E-state index in [1.165, 1.54) is 0 Å². The van der Waals surface area contributed by atoms with E-state index >= 15 is 0 Å². The molecule has 0 radical (unpaired) electrons. The highest BCUT2D eigenvalue weighted by Gasteiger charge is 1.98. The van der Waals surface area contributed by atoms with Crippen LogP contribution in [0.5, 0.6) is 0 Å². The predicted molar refractivity (Wildman–Crippen MR) is 35.0 cm³/mol. The Kier molecular flexibility index (Phi) is 3.04. The topological polar surface area (TPSA) is 52.9 Å². The van der Waals surface area contributed by atoms with Crippen molar-refractivity contribution in [2.75, 3.05) is 12.5 Å². The smallest absolute Gasteiger partial charge is 0.263 e. The van der Waals surface area contributed by atoms with Gasteiger partial charge in [-0.3, -0.25) is 10.1 Å². The zero-order chi connectivity index (χ0) is 6.57. The molecule has 1 amide bonds. The second kappa shape index (κ2) is 3.33. The Labute approximate surface area is 51.0 Å². The summed E-state index contributed by atoms with van der Waals surface area (Å²) in [6, 6.07) is 0. The number of carbonyl (C=O) groups is 1. The number of carbonyl (C=O) groups excluding carboxylic acids is 1. The second-order valence-corrected chi connectivity index (χ2v) is 3.63. The molecule has 0 saturated heterocycles. The SMILES string of the molecule is C[SH](C)C(=O)NC#N. The molecule has 0 atom stereocenters. The van der Waals surface area contributed by atoms with E-state index in [0.29, 0.717) is 0 Å². The first-order valence-electron chi connectivity index (χ1n) is 2.05. The molecule has 0 unspecified atom stereocenters. The minimum atomic E-state index is -0.640. The normalized spacial score (nSPS) is 9.38. The highest BCUT2D eigenvalue weighted by molar-refractivity contribution is 8.28. The summed E-state index contributed by atoms with van der Waals surface area (Å²) in [4.78, 5) is 10.4. The molecule has 1 N–H and O–H groups in total. The number of thiol groups is 1. The first-order chi connectivity index (χ1) is 3.68. The summed E-state index contributed by atoms with van der Waals surface area (Å²) in [7, 11) is -0.640. The lowest BCUT2D eigenvalue weighted by molar-refractivity contribution is 0.263. The van der Waals surface area contributed by atoms with E-state index in [1.807, 2.05) is 5.32 Å². The van der Waals surface area contributed by atoms with Crippen molar-refractivity contribution in [2.45, 2.75) is 0 Å². The molecule has 0 aromatic carbocycles. The van der Waals surface area contributed by atoms with Crippen LogP contribution in [0.1, 0.15) is 0 Å². The van der Waals surface area contributed by atoms with Crippen LogP contribution in [0.2, 0.25) is 0 Å². The minimum Gasteiger partial charge on any atom is -0.263 e. The van der Waals surface area contributed by atoms with E-state index in [0.717, 1.165) is 0 Å². The van der Waals surface area contributed by atoms with Gasteiger partial charge in [0.1, 0.15) is 0 Å². The molecule has 8 heavy (non-hydrogen) atoms. The lowest BCUT2D eigenvalue weighted by Crippen LogP contribution is -2.13. The highest BCUT2D eigenvalue weighted by atomic mass is 32.2. The number of hydrogen-bond acceptors (Lipinski definition) is 2. The number of hydrogen-bond donors (Lipinski definition) is 2. The van der Waals surface area contributed by atoms with Crippen molar-refractivity contribution in [2.24, 2.45) is 0 Å². The van der Waals surface area contributed by atoms with Crippen LogP contribution >= 0.6 is 10.9 Å². The molecule has 0 saturated carbocycles. The van der Waals surface area contributed by atoms with Crippen LogP contribution in [0.25, 0.3) is 0 Å². The number of nitriles is 1. The quantitative estimate of drug-likeness (QED) is 0.285. The van der Waals surface area contributed by atoms with Crippen LogP contribution < -0.4 is 5.32 Å². The molecule has 0 heterocycles. The lowest BCUT2D eigenvalue weighted by atomic mass is 11.2. The van der Waals surface area contributed by atoms with Gasteiger partial charge < -0.3 is 0 Å². The average molecular weight is 132 g/mol. The van der Waals surface area contributed by atoms with E-state index in [1.54, 1.807) is 18.7 Å². The van der Waals surface area contributed by atoms with Gasteiger partial charge in [-0.1, -0.05) is 0 Å². The molecule has 0 aromatic heterocycles. The molecule has 0 spiro atoms. The lowest BCUT2D eigenvalue weighted by Gasteiger charge is -2.01. The van der Waals surface area contributed by atoms with Crippen LogP contribution in [0.15, 0.2) is 0 Å². The molecule has 0 bridgehead atoms. The number of amides is 1. The van der Waals surface area contributed by atoms with E-state index in [2.05, 4.69) is 0 Å². The summed E-state index contributed by atoms with van der Waals surface area (Å²) in [6.45, 7) is 0. The second-order valence-electron chi connectivity index (χ2n) is 1.44. The van der Waals surface area contributed by atoms with Gasteiger partial charge >= 0.3 is 0 Å². The maximum Gasteiger partial charge on any atom is 0.271 e. The summed E-state index contributed by atoms with van der Waals surface area (Å²) in [5.41, 5.74) is 0. The monoisotopic (exact) mass is 132 g/mol. The standard InChI is InChI=1S/C4H8N2OS/c1-8(2)4(7)6-3-5/h8H,1-2H3,(H,6,7). The third-order valence-electron chi connectivity index (χ3n) is 0.569. The van der Waals surface area contributed by atoms with Crippen molar-refractivity contribution in [1.29, 1.82) is 5.26 Å². The van der Waals surface area contributed by atoms with Gasteiger partial charge in [-0.05, 0) is 12.5 Å². The Bertz CT molecular complexity index is 126. The van der Waals surface area contributed by atoms with Gasteiger partial charge in [0, 0.05) is 0 Å². The number of nitrogens with one attached hydrogen (secondary N) is 1. The van der Waals surface area contributed by atoms with Crippen LogP contribution in [0.3, 0.4) is 0 Å². The fourth-order valence-corrected chi connectivity index (χ4v) is 0.433. The summed E-state index contributed by atoms with van der Waals surface area (Å²) < 4.78 is 0. The van der Waals surface area contributed by atoms with Gasteiger partial charge in [-0.25, -0.2) is 0 Å². The van der Waals surface area contributed by atoms with Gasteiger partial charge in [-0.15, -0.1) is 0 Å². The maximum atomic E-state index is 10.4. The molecule has 0 aromatic rings. The van der Waals surface area contributed by atoms with Crippen molar-refractivity contribution >= 4 is 16.1 Å². The Morgan fingerprint density at radius 3 is 2.38 bits per heavy atom. The van der Waals surface area contributed by atoms with Crippen molar-refractivity contribution in [3.8, 4) is 6.19 Å². The Balaban J connectivity index is 3.53. The maximum absolute atomic E-state index is 10.4. The summed E-state index contributed by atoms with van der Waals surface area (Å²) in [5, 5.41) is 9.79. The molecule has 0 aliphatic rings. The first kappa shape index (κ1) is 7.31. The molecule has 0 aliphatic carbocycles. The van der Waals surface area contributed by atoms with E-state index in [-0.39, 0.29) is 5.24 Å². The first-order valence-corrected chi connectivity index (χ1v) is 4.28. The summed E-state index contributed by atoms with van der Waals surface area (Å²) in [6.07, 6.45) is 5.15. The van der Waals surface area contributed by atoms with Crippen molar-refractivity contribution in [3.05, 3.63) is 0 Å². The molecule has 0 rings (SSSR count). The molecule has 3 nitrogen and oxygen atoms in total. The molecule has 4 heteroatoms. The third-order valence-corrected chi connectivity index (χ3v) is 1.49. The van der Waals surface area contributed by atoms with E-state index in [9.17, 15) is 4.79 Å². The Hall–Kier alpha value is -0.690. The fourth-order valence-electron chi connectivity index (χ4n) is 0.160. The Morgan fingerprint density at radius 2 is 2.25 bits per heavy atom. The van der Waals surface area contributed by atoms with Crippen LogP contribution in [0, 0.1) is 11.5 Å². The minimum absolute atomic E-state index is 0.164. The summed E-state index contributed by atoms with van der Waals surface area (Å²) >= 11 is 0. The van der Waals surface area contributed by atoms with Gasteiger partial charge in [-0.2, -0.15) is 16.2 Å². The zero-order valence-electron chi connectivity index (χ0n) is 4.80. The Morgan fingerprint density at radius 1 is 1.75 bits per heavy atom. The van der Waals surface area contributed by atoms with Crippen LogP contribution in [-0.4, -0.2) is 17.8 Å². The third kappa shape index (κ3) is 2.48.